The summed E-state index contributed by atoms with van der Waals surface area (Å²) < 4.78 is 0. The number of amides is 1. The first-order valence-corrected chi connectivity index (χ1v) is 6.80. The van der Waals surface area contributed by atoms with Crippen LogP contribution in [0.15, 0.2) is 30.3 Å². The Morgan fingerprint density at radius 3 is 2.55 bits per heavy atom. The van der Waals surface area contributed by atoms with Crippen LogP contribution in [0.4, 0.5) is 0 Å². The predicted molar refractivity (Wildman–Crippen MR) is 77.2 cm³/mol. The van der Waals surface area contributed by atoms with Crippen LogP contribution < -0.4 is 11.1 Å². The van der Waals surface area contributed by atoms with E-state index in [0.717, 1.165) is 5.56 Å². The van der Waals surface area contributed by atoms with Crippen molar-refractivity contribution in [3.05, 3.63) is 35.9 Å². The SMILES string of the molecule is CC(CCCNC(=O)C(N)Cc1ccccc1)C(=O)O. The van der Waals surface area contributed by atoms with Gasteiger partial charge in [0.25, 0.3) is 0 Å². The third-order valence-electron chi connectivity index (χ3n) is 3.17. The van der Waals surface area contributed by atoms with Crippen LogP contribution in [0.5, 0.6) is 0 Å². The molecular weight excluding hydrogens is 256 g/mol. The lowest BCUT2D eigenvalue weighted by atomic mass is 10.1. The van der Waals surface area contributed by atoms with Crippen molar-refractivity contribution in [1.82, 2.24) is 5.32 Å². The molecule has 5 nitrogen and oxygen atoms in total. The van der Waals surface area contributed by atoms with Gasteiger partial charge in [0.1, 0.15) is 0 Å². The number of carboxylic acids is 1. The number of benzene rings is 1. The molecule has 110 valence electrons. The van der Waals surface area contributed by atoms with Gasteiger partial charge in [0.05, 0.1) is 12.0 Å². The van der Waals surface area contributed by atoms with Crippen LogP contribution in [0, 0.1) is 5.92 Å². The van der Waals surface area contributed by atoms with Crippen LogP contribution in [-0.2, 0) is 16.0 Å². The van der Waals surface area contributed by atoms with Gasteiger partial charge in [0, 0.05) is 6.54 Å². The van der Waals surface area contributed by atoms with Gasteiger partial charge in [-0.2, -0.15) is 0 Å². The van der Waals surface area contributed by atoms with Crippen molar-refractivity contribution >= 4 is 11.9 Å². The minimum absolute atomic E-state index is 0.197. The third kappa shape index (κ3) is 5.84. The average Bonchev–Trinajstić information content (AvgIpc) is 2.43. The summed E-state index contributed by atoms with van der Waals surface area (Å²) in [6, 6.07) is 9.03. The molecule has 5 heteroatoms. The average molecular weight is 278 g/mol. The highest BCUT2D eigenvalue weighted by Crippen LogP contribution is 2.05. The molecule has 0 aliphatic rings. The topological polar surface area (TPSA) is 92.4 Å². The standard InChI is InChI=1S/C15H22N2O3/c1-11(15(19)20)6-5-9-17-14(18)13(16)10-12-7-3-2-4-8-12/h2-4,7-8,11,13H,5-6,9-10,16H2,1H3,(H,17,18)(H,19,20). The first-order chi connectivity index (χ1) is 9.50. The first-order valence-electron chi connectivity index (χ1n) is 6.80. The van der Waals surface area contributed by atoms with Gasteiger partial charge in [-0.15, -0.1) is 0 Å². The molecule has 2 unspecified atom stereocenters. The summed E-state index contributed by atoms with van der Waals surface area (Å²) in [7, 11) is 0. The van der Waals surface area contributed by atoms with Gasteiger partial charge in [-0.05, 0) is 24.8 Å². The minimum atomic E-state index is -0.808. The van der Waals surface area contributed by atoms with Crippen LogP contribution in [0.3, 0.4) is 0 Å². The number of nitrogens with one attached hydrogen (secondary N) is 1. The van der Waals surface area contributed by atoms with Gasteiger partial charge < -0.3 is 16.2 Å². The normalized spacial score (nSPS) is 13.5. The van der Waals surface area contributed by atoms with E-state index in [1.165, 1.54) is 0 Å². The lowest BCUT2D eigenvalue weighted by Crippen LogP contribution is -2.42. The Morgan fingerprint density at radius 2 is 1.95 bits per heavy atom. The van der Waals surface area contributed by atoms with Crippen molar-refractivity contribution in [3.8, 4) is 0 Å². The zero-order chi connectivity index (χ0) is 15.0. The number of hydrogen-bond donors (Lipinski definition) is 3. The van der Waals surface area contributed by atoms with Gasteiger partial charge in [0.15, 0.2) is 0 Å². The zero-order valence-electron chi connectivity index (χ0n) is 11.7. The number of nitrogens with two attached hydrogens (primary N) is 1. The molecule has 20 heavy (non-hydrogen) atoms. The van der Waals surface area contributed by atoms with Crippen LogP contribution in [0.25, 0.3) is 0 Å². The van der Waals surface area contributed by atoms with Crippen molar-refractivity contribution in [1.29, 1.82) is 0 Å². The van der Waals surface area contributed by atoms with E-state index < -0.39 is 12.0 Å². The summed E-state index contributed by atoms with van der Waals surface area (Å²) in [5.74, 6) is -1.39. The molecule has 1 amide bonds. The first kappa shape index (κ1) is 16.2. The molecule has 0 fully saturated rings. The Morgan fingerprint density at radius 1 is 1.30 bits per heavy atom. The molecule has 0 bridgehead atoms. The number of aliphatic carboxylic acids is 1. The maximum atomic E-state index is 11.8. The summed E-state index contributed by atoms with van der Waals surface area (Å²) >= 11 is 0. The van der Waals surface area contributed by atoms with E-state index in [0.29, 0.717) is 25.8 Å². The number of carbonyl (C=O) groups is 2. The Kier molecular flexibility index (Phi) is 6.73. The van der Waals surface area contributed by atoms with Gasteiger partial charge in [-0.25, -0.2) is 0 Å². The smallest absolute Gasteiger partial charge is 0.306 e. The molecule has 0 saturated heterocycles. The van der Waals surface area contributed by atoms with Crippen LogP contribution in [0.1, 0.15) is 25.3 Å². The number of hydrogen-bond acceptors (Lipinski definition) is 3. The van der Waals surface area contributed by atoms with E-state index in [1.54, 1.807) is 6.92 Å². The number of carbonyl (C=O) groups excluding carboxylic acids is 1. The lowest BCUT2D eigenvalue weighted by molar-refractivity contribution is -0.141. The molecule has 1 aromatic carbocycles. The number of rotatable bonds is 8. The fraction of sp³-hybridized carbons (Fsp3) is 0.467. The molecule has 0 saturated carbocycles. The molecule has 0 spiro atoms. The molecule has 0 heterocycles. The molecule has 4 N–H and O–H groups in total. The van der Waals surface area contributed by atoms with E-state index >= 15 is 0 Å². The number of carboxylic acid groups (broad SMARTS) is 1. The summed E-state index contributed by atoms with van der Waals surface area (Å²) in [6.45, 7) is 2.12. The molecule has 1 aromatic rings. The highest BCUT2D eigenvalue weighted by Gasteiger charge is 2.14. The summed E-state index contributed by atoms with van der Waals surface area (Å²) in [4.78, 5) is 22.4. The van der Waals surface area contributed by atoms with Crippen LogP contribution in [0.2, 0.25) is 0 Å². The maximum Gasteiger partial charge on any atom is 0.306 e. The summed E-state index contributed by atoms with van der Waals surface area (Å²) in [6.07, 6.45) is 1.68. The Bertz CT molecular complexity index is 434. The lowest BCUT2D eigenvalue weighted by Gasteiger charge is -2.13. The molecule has 1 rings (SSSR count). The summed E-state index contributed by atoms with van der Waals surface area (Å²) in [5, 5.41) is 11.5. The largest absolute Gasteiger partial charge is 0.481 e. The molecule has 0 radical (unpaired) electrons. The molecule has 2 atom stereocenters. The Hall–Kier alpha value is -1.88. The quantitative estimate of drug-likeness (QED) is 0.622. The zero-order valence-corrected chi connectivity index (χ0v) is 11.7. The van der Waals surface area contributed by atoms with Crippen molar-refractivity contribution in [2.75, 3.05) is 6.54 Å². The van der Waals surface area contributed by atoms with Gasteiger partial charge in [-0.3, -0.25) is 9.59 Å². The highest BCUT2D eigenvalue weighted by molar-refractivity contribution is 5.81. The minimum Gasteiger partial charge on any atom is -0.481 e. The van der Waals surface area contributed by atoms with Crippen molar-refractivity contribution in [2.45, 2.75) is 32.2 Å². The Labute approximate surface area is 119 Å². The highest BCUT2D eigenvalue weighted by atomic mass is 16.4. The summed E-state index contributed by atoms with van der Waals surface area (Å²) in [5.41, 5.74) is 6.86. The van der Waals surface area contributed by atoms with Crippen molar-refractivity contribution < 1.29 is 14.7 Å². The van der Waals surface area contributed by atoms with Crippen LogP contribution >= 0.6 is 0 Å². The van der Waals surface area contributed by atoms with E-state index in [2.05, 4.69) is 5.32 Å². The van der Waals surface area contributed by atoms with Gasteiger partial charge in [-0.1, -0.05) is 37.3 Å². The predicted octanol–water partition coefficient (Wildman–Crippen LogP) is 1.17. The molecular formula is C15H22N2O3. The fourth-order valence-corrected chi connectivity index (χ4v) is 1.84. The van der Waals surface area contributed by atoms with E-state index in [4.69, 9.17) is 10.8 Å². The van der Waals surface area contributed by atoms with E-state index in [9.17, 15) is 9.59 Å². The van der Waals surface area contributed by atoms with E-state index in [-0.39, 0.29) is 11.8 Å². The van der Waals surface area contributed by atoms with Gasteiger partial charge >= 0.3 is 5.97 Å². The third-order valence-corrected chi connectivity index (χ3v) is 3.17. The van der Waals surface area contributed by atoms with Gasteiger partial charge in [0.2, 0.25) is 5.91 Å². The molecule has 0 aliphatic carbocycles. The maximum absolute atomic E-state index is 11.8. The van der Waals surface area contributed by atoms with E-state index in [1.807, 2.05) is 30.3 Å². The van der Waals surface area contributed by atoms with Crippen molar-refractivity contribution in [3.63, 3.8) is 0 Å². The second kappa shape index (κ2) is 8.32. The molecule has 0 aromatic heterocycles. The monoisotopic (exact) mass is 278 g/mol. The second-order valence-corrected chi connectivity index (χ2v) is 4.97. The fourth-order valence-electron chi connectivity index (χ4n) is 1.84. The molecule has 0 aliphatic heterocycles. The van der Waals surface area contributed by atoms with Crippen LogP contribution in [-0.4, -0.2) is 29.6 Å². The Balaban J connectivity index is 2.24. The second-order valence-electron chi connectivity index (χ2n) is 4.97. The van der Waals surface area contributed by atoms with Crippen molar-refractivity contribution in [2.24, 2.45) is 11.7 Å².